The quantitative estimate of drug-likeness (QED) is 0.723. The van der Waals surface area contributed by atoms with E-state index in [1.54, 1.807) is 0 Å². The molecule has 6 heteroatoms. The van der Waals surface area contributed by atoms with Crippen molar-refractivity contribution in [2.45, 2.75) is 19.9 Å². The number of halogens is 1. The van der Waals surface area contributed by atoms with Crippen LogP contribution in [0, 0.1) is 0 Å². The Morgan fingerprint density at radius 3 is 2.70 bits per heavy atom. The van der Waals surface area contributed by atoms with Gasteiger partial charge < -0.3 is 5.32 Å². The molecule has 0 atom stereocenters. The minimum Gasteiger partial charge on any atom is -0.364 e. The lowest BCUT2D eigenvalue weighted by Crippen LogP contribution is -2.03. The van der Waals surface area contributed by atoms with E-state index < -0.39 is 0 Å². The second-order valence-electron chi connectivity index (χ2n) is 4.43. The molecule has 0 bridgehead atoms. The van der Waals surface area contributed by atoms with Crippen LogP contribution in [0.5, 0.6) is 0 Å². The van der Waals surface area contributed by atoms with Gasteiger partial charge in [-0.1, -0.05) is 37.3 Å². The van der Waals surface area contributed by atoms with Gasteiger partial charge in [-0.25, -0.2) is 4.98 Å². The number of rotatable bonds is 4. The predicted octanol–water partition coefficient (Wildman–Crippen LogP) is 3.18. The number of hydrogen-bond acceptors (Lipinski definition) is 4. The fraction of sp³-hybridized carbons (Fsp3) is 0.214. The van der Waals surface area contributed by atoms with E-state index in [9.17, 15) is 0 Å². The molecule has 0 aliphatic rings. The van der Waals surface area contributed by atoms with Gasteiger partial charge in [0.1, 0.15) is 5.52 Å². The normalized spacial score (nSPS) is 10.9. The zero-order chi connectivity index (χ0) is 13.9. The van der Waals surface area contributed by atoms with Crippen molar-refractivity contribution in [2.24, 2.45) is 0 Å². The first-order chi connectivity index (χ1) is 9.78. The summed E-state index contributed by atoms with van der Waals surface area (Å²) in [7, 11) is 0. The summed E-state index contributed by atoms with van der Waals surface area (Å²) in [6.07, 6.45) is 0.821. The highest BCUT2D eigenvalue weighted by Crippen LogP contribution is 2.23. The average Bonchev–Trinajstić information content (AvgIpc) is 2.88. The van der Waals surface area contributed by atoms with Crippen molar-refractivity contribution in [3.8, 4) is 0 Å². The summed E-state index contributed by atoms with van der Waals surface area (Å²) < 4.78 is 0. The number of aromatic amines is 1. The number of H-pyrrole nitrogens is 1. The van der Waals surface area contributed by atoms with E-state index in [1.807, 2.05) is 25.1 Å². The summed E-state index contributed by atoms with van der Waals surface area (Å²) in [5.74, 6) is 0.653. The predicted molar refractivity (Wildman–Crippen MR) is 79.8 cm³/mol. The maximum absolute atomic E-state index is 5.99. The summed E-state index contributed by atoms with van der Waals surface area (Å²) in [4.78, 5) is 8.47. The van der Waals surface area contributed by atoms with Crippen LogP contribution in [-0.2, 0) is 13.0 Å². The van der Waals surface area contributed by atoms with Crippen LogP contribution in [0.1, 0.15) is 18.2 Å². The lowest BCUT2D eigenvalue weighted by Gasteiger charge is -2.06. The second kappa shape index (κ2) is 5.46. The monoisotopic (exact) mass is 287 g/mol. The summed E-state index contributed by atoms with van der Waals surface area (Å²) in [5, 5.41) is 10.7. The van der Waals surface area contributed by atoms with Crippen LogP contribution < -0.4 is 5.32 Å². The maximum Gasteiger partial charge on any atom is 0.225 e. The van der Waals surface area contributed by atoms with Gasteiger partial charge in [0.05, 0.1) is 5.69 Å². The van der Waals surface area contributed by atoms with Crippen LogP contribution in [0.2, 0.25) is 5.28 Å². The molecular formula is C14H14ClN5. The largest absolute Gasteiger partial charge is 0.364 e. The minimum absolute atomic E-state index is 0.226. The fourth-order valence-corrected chi connectivity index (χ4v) is 2.24. The highest BCUT2D eigenvalue weighted by Gasteiger charge is 2.12. The molecule has 2 aromatic heterocycles. The summed E-state index contributed by atoms with van der Waals surface area (Å²) in [5.41, 5.74) is 3.64. The summed E-state index contributed by atoms with van der Waals surface area (Å²) in [6.45, 7) is 2.71. The van der Waals surface area contributed by atoms with Gasteiger partial charge in [0, 0.05) is 6.54 Å². The lowest BCUT2D eigenvalue weighted by molar-refractivity contribution is 0.985. The van der Waals surface area contributed by atoms with E-state index in [1.165, 1.54) is 5.56 Å². The molecule has 20 heavy (non-hydrogen) atoms. The second-order valence-corrected chi connectivity index (χ2v) is 4.77. The summed E-state index contributed by atoms with van der Waals surface area (Å²) in [6, 6.07) is 10.1. The van der Waals surface area contributed by atoms with Crippen LogP contribution in [0.25, 0.3) is 11.0 Å². The van der Waals surface area contributed by atoms with Crippen molar-refractivity contribution in [2.75, 3.05) is 5.32 Å². The van der Waals surface area contributed by atoms with Crippen LogP contribution in [-0.4, -0.2) is 20.2 Å². The van der Waals surface area contributed by atoms with Crippen molar-refractivity contribution in [3.05, 3.63) is 46.9 Å². The van der Waals surface area contributed by atoms with Gasteiger partial charge in [-0.05, 0) is 23.6 Å². The number of benzene rings is 1. The first kappa shape index (κ1) is 12.9. The van der Waals surface area contributed by atoms with Gasteiger partial charge in [-0.3, -0.25) is 5.10 Å². The molecule has 5 nitrogen and oxygen atoms in total. The Hall–Kier alpha value is -2.14. The smallest absolute Gasteiger partial charge is 0.225 e. The molecule has 102 valence electrons. The van der Waals surface area contributed by atoms with Crippen LogP contribution in [0.15, 0.2) is 30.3 Å². The Morgan fingerprint density at radius 1 is 1.15 bits per heavy atom. The molecule has 0 spiro atoms. The van der Waals surface area contributed by atoms with Crippen molar-refractivity contribution in [3.63, 3.8) is 0 Å². The van der Waals surface area contributed by atoms with E-state index in [4.69, 9.17) is 11.6 Å². The van der Waals surface area contributed by atoms with Crippen LogP contribution in [0.3, 0.4) is 0 Å². The molecule has 2 N–H and O–H groups in total. The molecule has 0 fully saturated rings. The highest BCUT2D eigenvalue weighted by atomic mass is 35.5. The molecule has 2 heterocycles. The van der Waals surface area contributed by atoms with Gasteiger partial charge in [0.2, 0.25) is 5.28 Å². The van der Waals surface area contributed by atoms with Gasteiger partial charge >= 0.3 is 0 Å². The first-order valence-corrected chi connectivity index (χ1v) is 6.84. The molecule has 0 saturated heterocycles. The molecule has 0 aliphatic heterocycles. The zero-order valence-electron chi connectivity index (χ0n) is 11.0. The fourth-order valence-electron chi connectivity index (χ4n) is 2.07. The van der Waals surface area contributed by atoms with Crippen molar-refractivity contribution >= 4 is 28.5 Å². The Morgan fingerprint density at radius 2 is 1.95 bits per heavy atom. The number of nitrogens with one attached hydrogen (secondary N) is 2. The topological polar surface area (TPSA) is 66.5 Å². The van der Waals surface area contributed by atoms with E-state index in [2.05, 4.69) is 37.6 Å². The van der Waals surface area contributed by atoms with E-state index >= 15 is 0 Å². The molecule has 0 saturated carbocycles. The van der Waals surface area contributed by atoms with E-state index in [0.717, 1.165) is 23.1 Å². The number of anilines is 1. The molecule has 0 amide bonds. The molecule has 3 aromatic rings. The molecule has 3 rings (SSSR count). The SMILES string of the molecule is CCc1[nH]nc2c(NCc3ccccc3)nc(Cl)nc12. The number of hydrogen-bond donors (Lipinski definition) is 2. The molecular weight excluding hydrogens is 274 g/mol. The van der Waals surface area contributed by atoms with Crippen molar-refractivity contribution in [1.29, 1.82) is 0 Å². The number of aryl methyl sites for hydroxylation is 1. The third-order valence-electron chi connectivity index (χ3n) is 3.10. The van der Waals surface area contributed by atoms with Crippen LogP contribution in [0.4, 0.5) is 5.82 Å². The van der Waals surface area contributed by atoms with Gasteiger partial charge in [-0.15, -0.1) is 0 Å². The minimum atomic E-state index is 0.226. The van der Waals surface area contributed by atoms with Gasteiger partial charge in [0.15, 0.2) is 11.3 Å². The average molecular weight is 288 g/mol. The third-order valence-corrected chi connectivity index (χ3v) is 3.27. The number of fused-ring (bicyclic) bond motifs is 1. The van der Waals surface area contributed by atoms with E-state index in [-0.39, 0.29) is 5.28 Å². The Balaban J connectivity index is 1.93. The van der Waals surface area contributed by atoms with Crippen LogP contribution >= 0.6 is 11.6 Å². The summed E-state index contributed by atoms with van der Waals surface area (Å²) >= 11 is 5.99. The Kier molecular flexibility index (Phi) is 3.52. The standard InChI is InChI=1S/C14H14ClN5/c1-2-10-11-12(20-19-10)13(18-14(15)17-11)16-8-9-6-4-3-5-7-9/h3-7H,2,8H2,1H3,(H,19,20)(H,16,17,18). The molecule has 0 aliphatic carbocycles. The van der Waals surface area contributed by atoms with Crippen molar-refractivity contribution < 1.29 is 0 Å². The highest BCUT2D eigenvalue weighted by molar-refractivity contribution is 6.28. The van der Waals surface area contributed by atoms with Gasteiger partial charge in [-0.2, -0.15) is 10.1 Å². The maximum atomic E-state index is 5.99. The first-order valence-electron chi connectivity index (χ1n) is 6.46. The molecule has 0 unspecified atom stereocenters. The van der Waals surface area contributed by atoms with Gasteiger partial charge in [0.25, 0.3) is 0 Å². The third kappa shape index (κ3) is 2.44. The number of aromatic nitrogens is 4. The van der Waals surface area contributed by atoms with Crippen molar-refractivity contribution in [1.82, 2.24) is 20.2 Å². The molecule has 1 aromatic carbocycles. The zero-order valence-corrected chi connectivity index (χ0v) is 11.8. The Bertz CT molecular complexity index is 723. The number of nitrogens with zero attached hydrogens (tertiary/aromatic N) is 3. The Labute approximate surface area is 121 Å². The van der Waals surface area contributed by atoms with E-state index in [0.29, 0.717) is 12.4 Å². The lowest BCUT2D eigenvalue weighted by atomic mass is 10.2. The molecule has 0 radical (unpaired) electrons.